The van der Waals surface area contributed by atoms with Gasteiger partial charge < -0.3 is 14.2 Å². The number of halogens is 1. The van der Waals surface area contributed by atoms with Gasteiger partial charge in [-0.25, -0.2) is 4.98 Å². The van der Waals surface area contributed by atoms with E-state index in [4.69, 9.17) is 14.2 Å². The monoisotopic (exact) mass is 304 g/mol. The minimum Gasteiger partial charge on any atom is -0.480 e. The first-order chi connectivity index (χ1) is 8.13. The van der Waals surface area contributed by atoms with Crippen LogP contribution in [-0.2, 0) is 4.74 Å². The van der Waals surface area contributed by atoms with Crippen LogP contribution >= 0.6 is 15.9 Å². The van der Waals surface area contributed by atoms with Gasteiger partial charge in [0.05, 0.1) is 24.4 Å². The standard InChI is InChI=1S/C11H17BrN2O3/c1-8(2)7-16-4-5-17-11-13-6-9(12)10(14-11)15-3/h6,8H,4-5,7H2,1-3H3. The molecular formula is C11H17BrN2O3. The van der Waals surface area contributed by atoms with Gasteiger partial charge in [0.1, 0.15) is 6.61 Å². The zero-order chi connectivity index (χ0) is 12.7. The van der Waals surface area contributed by atoms with Gasteiger partial charge in [-0.1, -0.05) is 13.8 Å². The minimum atomic E-state index is 0.290. The van der Waals surface area contributed by atoms with Gasteiger partial charge in [-0.2, -0.15) is 4.98 Å². The number of ether oxygens (including phenoxy) is 3. The molecule has 0 N–H and O–H groups in total. The summed E-state index contributed by atoms with van der Waals surface area (Å²) in [7, 11) is 1.54. The molecule has 0 aliphatic heterocycles. The van der Waals surface area contributed by atoms with Gasteiger partial charge in [0.2, 0.25) is 5.88 Å². The summed E-state index contributed by atoms with van der Waals surface area (Å²) in [4.78, 5) is 8.07. The van der Waals surface area contributed by atoms with E-state index in [1.165, 1.54) is 0 Å². The number of nitrogens with zero attached hydrogens (tertiary/aromatic N) is 2. The molecule has 0 atom stereocenters. The molecule has 6 heteroatoms. The normalized spacial score (nSPS) is 10.6. The van der Waals surface area contributed by atoms with E-state index in [9.17, 15) is 0 Å². The third kappa shape index (κ3) is 5.32. The number of hydrogen-bond acceptors (Lipinski definition) is 5. The summed E-state index contributed by atoms with van der Waals surface area (Å²) in [6.07, 6.45) is 1.59. The predicted octanol–water partition coefficient (Wildman–Crippen LogP) is 2.30. The van der Waals surface area contributed by atoms with Crippen molar-refractivity contribution in [1.82, 2.24) is 9.97 Å². The summed E-state index contributed by atoms with van der Waals surface area (Å²) >= 11 is 3.27. The lowest BCUT2D eigenvalue weighted by Crippen LogP contribution is -2.11. The fourth-order valence-electron chi connectivity index (χ4n) is 1.06. The summed E-state index contributed by atoms with van der Waals surface area (Å²) in [6.45, 7) is 5.89. The Labute approximate surface area is 110 Å². The van der Waals surface area contributed by atoms with Crippen LogP contribution in [0.3, 0.4) is 0 Å². The van der Waals surface area contributed by atoms with E-state index in [0.29, 0.717) is 29.5 Å². The van der Waals surface area contributed by atoms with Crippen molar-refractivity contribution in [3.8, 4) is 11.9 Å². The number of methoxy groups -OCH3 is 1. The Morgan fingerprint density at radius 1 is 1.35 bits per heavy atom. The van der Waals surface area contributed by atoms with Crippen LogP contribution in [0.25, 0.3) is 0 Å². The molecule has 0 bridgehead atoms. The van der Waals surface area contributed by atoms with E-state index in [2.05, 4.69) is 39.7 Å². The highest BCUT2D eigenvalue weighted by atomic mass is 79.9. The van der Waals surface area contributed by atoms with Crippen molar-refractivity contribution in [3.05, 3.63) is 10.7 Å². The topological polar surface area (TPSA) is 53.5 Å². The maximum atomic E-state index is 5.38. The predicted molar refractivity (Wildman–Crippen MR) is 67.4 cm³/mol. The number of rotatable bonds is 7. The van der Waals surface area contributed by atoms with Crippen molar-refractivity contribution in [2.45, 2.75) is 13.8 Å². The lowest BCUT2D eigenvalue weighted by Gasteiger charge is -2.08. The van der Waals surface area contributed by atoms with Crippen LogP contribution in [-0.4, -0.2) is 36.9 Å². The molecule has 1 aromatic rings. The molecule has 96 valence electrons. The fraction of sp³-hybridized carbons (Fsp3) is 0.636. The van der Waals surface area contributed by atoms with E-state index in [1.807, 2.05) is 0 Å². The highest BCUT2D eigenvalue weighted by Gasteiger charge is 2.05. The molecule has 17 heavy (non-hydrogen) atoms. The maximum absolute atomic E-state index is 5.38. The van der Waals surface area contributed by atoms with Crippen LogP contribution in [0, 0.1) is 5.92 Å². The lowest BCUT2D eigenvalue weighted by molar-refractivity contribution is 0.0789. The lowest BCUT2D eigenvalue weighted by atomic mass is 10.2. The first-order valence-electron chi connectivity index (χ1n) is 5.40. The van der Waals surface area contributed by atoms with Crippen molar-refractivity contribution in [2.24, 2.45) is 5.92 Å². The number of hydrogen-bond donors (Lipinski definition) is 0. The summed E-state index contributed by atoms with van der Waals surface area (Å²) in [5.41, 5.74) is 0. The zero-order valence-electron chi connectivity index (χ0n) is 10.3. The Morgan fingerprint density at radius 2 is 2.12 bits per heavy atom. The van der Waals surface area contributed by atoms with Crippen LogP contribution in [0.2, 0.25) is 0 Å². The number of aromatic nitrogens is 2. The molecule has 0 saturated carbocycles. The van der Waals surface area contributed by atoms with Gasteiger partial charge in [-0.3, -0.25) is 0 Å². The molecule has 0 amide bonds. The second-order valence-corrected chi connectivity index (χ2v) is 4.68. The molecule has 0 spiro atoms. The summed E-state index contributed by atoms with van der Waals surface area (Å²) in [5, 5.41) is 0. The van der Waals surface area contributed by atoms with E-state index in [1.54, 1.807) is 13.3 Å². The highest BCUT2D eigenvalue weighted by Crippen LogP contribution is 2.22. The molecule has 0 aliphatic rings. The molecule has 5 nitrogen and oxygen atoms in total. The molecule has 0 aromatic carbocycles. The summed E-state index contributed by atoms with van der Waals surface area (Å²) in [6, 6.07) is 0.290. The fourth-order valence-corrected chi connectivity index (χ4v) is 1.41. The van der Waals surface area contributed by atoms with Crippen molar-refractivity contribution in [2.75, 3.05) is 26.9 Å². The molecule has 1 aromatic heterocycles. The first kappa shape index (κ1) is 14.2. The first-order valence-corrected chi connectivity index (χ1v) is 6.20. The van der Waals surface area contributed by atoms with Gasteiger partial charge >= 0.3 is 6.01 Å². The van der Waals surface area contributed by atoms with Crippen LogP contribution < -0.4 is 9.47 Å². The second-order valence-electron chi connectivity index (χ2n) is 3.83. The smallest absolute Gasteiger partial charge is 0.319 e. The quantitative estimate of drug-likeness (QED) is 0.724. The van der Waals surface area contributed by atoms with Gasteiger partial charge in [-0.15, -0.1) is 0 Å². The average molecular weight is 305 g/mol. The molecule has 0 radical (unpaired) electrons. The average Bonchev–Trinajstić information content (AvgIpc) is 2.30. The van der Waals surface area contributed by atoms with Crippen LogP contribution in [0.4, 0.5) is 0 Å². The van der Waals surface area contributed by atoms with Crippen molar-refractivity contribution < 1.29 is 14.2 Å². The highest BCUT2D eigenvalue weighted by molar-refractivity contribution is 9.10. The maximum Gasteiger partial charge on any atom is 0.319 e. The third-order valence-corrected chi connectivity index (χ3v) is 2.34. The SMILES string of the molecule is COc1nc(OCCOCC(C)C)ncc1Br. The van der Waals surface area contributed by atoms with Gasteiger partial charge in [0.25, 0.3) is 0 Å². The molecule has 1 rings (SSSR count). The Kier molecular flexibility index (Phi) is 6.21. The second kappa shape index (κ2) is 7.45. The molecule has 0 aliphatic carbocycles. The largest absolute Gasteiger partial charge is 0.480 e. The van der Waals surface area contributed by atoms with Crippen LogP contribution in [0.5, 0.6) is 11.9 Å². The Balaban J connectivity index is 2.32. The van der Waals surface area contributed by atoms with Crippen molar-refractivity contribution in [3.63, 3.8) is 0 Å². The van der Waals surface area contributed by atoms with E-state index >= 15 is 0 Å². The molecule has 0 unspecified atom stereocenters. The van der Waals surface area contributed by atoms with Gasteiger partial charge in [0.15, 0.2) is 0 Å². The summed E-state index contributed by atoms with van der Waals surface area (Å²) < 4.78 is 16.4. The minimum absolute atomic E-state index is 0.290. The van der Waals surface area contributed by atoms with E-state index in [0.717, 1.165) is 6.61 Å². The molecular weight excluding hydrogens is 288 g/mol. The Hall–Kier alpha value is -0.880. The van der Waals surface area contributed by atoms with Gasteiger partial charge in [-0.05, 0) is 21.8 Å². The molecule has 0 fully saturated rings. The molecule has 0 saturated heterocycles. The van der Waals surface area contributed by atoms with Crippen molar-refractivity contribution in [1.29, 1.82) is 0 Å². The molecule has 1 heterocycles. The zero-order valence-corrected chi connectivity index (χ0v) is 11.9. The third-order valence-electron chi connectivity index (χ3n) is 1.79. The Bertz CT molecular complexity index is 347. The van der Waals surface area contributed by atoms with E-state index < -0.39 is 0 Å². The van der Waals surface area contributed by atoms with Crippen molar-refractivity contribution >= 4 is 15.9 Å². The van der Waals surface area contributed by atoms with Crippen LogP contribution in [0.15, 0.2) is 10.7 Å². The Morgan fingerprint density at radius 3 is 2.76 bits per heavy atom. The van der Waals surface area contributed by atoms with Gasteiger partial charge in [0, 0.05) is 6.61 Å². The van der Waals surface area contributed by atoms with E-state index in [-0.39, 0.29) is 6.01 Å². The summed E-state index contributed by atoms with van der Waals surface area (Å²) in [5.74, 6) is 0.983. The van der Waals surface area contributed by atoms with Crippen LogP contribution in [0.1, 0.15) is 13.8 Å².